The SMILES string of the molecule is COC(=O)c1ccccc1S(=O)(=O)NCCCCN(C)C. The quantitative estimate of drug-likeness (QED) is 0.574. The predicted molar refractivity (Wildman–Crippen MR) is 80.8 cm³/mol. The molecule has 0 aliphatic rings. The first kappa shape index (κ1) is 17.6. The van der Waals surface area contributed by atoms with Gasteiger partial charge in [0.25, 0.3) is 0 Å². The summed E-state index contributed by atoms with van der Waals surface area (Å²) in [6, 6.07) is 6.01. The van der Waals surface area contributed by atoms with Crippen LogP contribution in [0.2, 0.25) is 0 Å². The van der Waals surface area contributed by atoms with E-state index in [0.29, 0.717) is 6.54 Å². The minimum Gasteiger partial charge on any atom is -0.465 e. The molecule has 1 rings (SSSR count). The van der Waals surface area contributed by atoms with Gasteiger partial charge in [-0.3, -0.25) is 0 Å². The number of benzene rings is 1. The van der Waals surface area contributed by atoms with Crippen molar-refractivity contribution in [1.82, 2.24) is 9.62 Å². The Kier molecular flexibility index (Phi) is 6.80. The highest BCUT2D eigenvalue weighted by Gasteiger charge is 2.21. The topological polar surface area (TPSA) is 75.7 Å². The Balaban J connectivity index is 2.73. The van der Waals surface area contributed by atoms with E-state index in [9.17, 15) is 13.2 Å². The van der Waals surface area contributed by atoms with E-state index >= 15 is 0 Å². The molecule has 0 bridgehead atoms. The third-order valence-corrected chi connectivity index (χ3v) is 4.43. The van der Waals surface area contributed by atoms with E-state index < -0.39 is 16.0 Å². The number of methoxy groups -OCH3 is 1. The van der Waals surface area contributed by atoms with E-state index in [-0.39, 0.29) is 10.5 Å². The van der Waals surface area contributed by atoms with Crippen LogP contribution in [-0.4, -0.2) is 53.6 Å². The molecule has 0 aromatic heterocycles. The van der Waals surface area contributed by atoms with Crippen molar-refractivity contribution in [2.24, 2.45) is 0 Å². The van der Waals surface area contributed by atoms with Gasteiger partial charge in [0.05, 0.1) is 17.6 Å². The summed E-state index contributed by atoms with van der Waals surface area (Å²) in [6.45, 7) is 1.24. The number of unbranched alkanes of at least 4 members (excludes halogenated alkanes) is 1. The Morgan fingerprint density at radius 2 is 1.90 bits per heavy atom. The average molecular weight is 314 g/mol. The van der Waals surface area contributed by atoms with E-state index in [1.165, 1.54) is 19.2 Å². The number of esters is 1. The van der Waals surface area contributed by atoms with Gasteiger partial charge in [0.2, 0.25) is 10.0 Å². The van der Waals surface area contributed by atoms with Gasteiger partial charge in [-0.15, -0.1) is 0 Å². The lowest BCUT2D eigenvalue weighted by Gasteiger charge is -2.11. The maximum Gasteiger partial charge on any atom is 0.339 e. The summed E-state index contributed by atoms with van der Waals surface area (Å²) in [5.74, 6) is -0.663. The van der Waals surface area contributed by atoms with E-state index in [4.69, 9.17) is 0 Å². The molecule has 0 amide bonds. The maximum absolute atomic E-state index is 12.2. The number of rotatable bonds is 8. The second-order valence-corrected chi connectivity index (χ2v) is 6.63. The van der Waals surface area contributed by atoms with Crippen molar-refractivity contribution in [1.29, 1.82) is 0 Å². The monoisotopic (exact) mass is 314 g/mol. The number of carbonyl (C=O) groups is 1. The highest BCUT2D eigenvalue weighted by Crippen LogP contribution is 2.16. The van der Waals surface area contributed by atoms with Gasteiger partial charge < -0.3 is 9.64 Å². The third kappa shape index (κ3) is 5.45. The molecule has 0 aliphatic carbocycles. The van der Waals surface area contributed by atoms with Crippen molar-refractivity contribution in [3.63, 3.8) is 0 Å². The number of hydrogen-bond donors (Lipinski definition) is 1. The van der Waals surface area contributed by atoms with Gasteiger partial charge in [0, 0.05) is 6.54 Å². The van der Waals surface area contributed by atoms with Gasteiger partial charge >= 0.3 is 5.97 Å². The van der Waals surface area contributed by atoms with Crippen LogP contribution in [0.25, 0.3) is 0 Å². The summed E-state index contributed by atoms with van der Waals surface area (Å²) in [7, 11) is 1.45. The minimum absolute atomic E-state index is 0.0424. The molecule has 0 spiro atoms. The lowest BCUT2D eigenvalue weighted by atomic mass is 10.2. The molecule has 0 heterocycles. The molecule has 6 nitrogen and oxygen atoms in total. The van der Waals surface area contributed by atoms with Gasteiger partial charge in [-0.2, -0.15) is 0 Å². The fourth-order valence-electron chi connectivity index (χ4n) is 1.82. The zero-order chi connectivity index (χ0) is 15.9. The Labute approximate surface area is 126 Å². The second-order valence-electron chi connectivity index (χ2n) is 4.90. The molecule has 0 unspecified atom stereocenters. The first-order valence-electron chi connectivity index (χ1n) is 6.70. The molecule has 0 atom stereocenters. The molecule has 1 aromatic rings. The largest absolute Gasteiger partial charge is 0.465 e. The molecule has 0 fully saturated rings. The fourth-order valence-corrected chi connectivity index (χ4v) is 3.08. The number of carbonyl (C=O) groups excluding carboxylic acids is 1. The van der Waals surface area contributed by atoms with Crippen molar-refractivity contribution in [2.45, 2.75) is 17.7 Å². The van der Waals surface area contributed by atoms with E-state index in [2.05, 4.69) is 9.46 Å². The van der Waals surface area contributed by atoms with Crippen LogP contribution in [0.1, 0.15) is 23.2 Å². The number of ether oxygens (including phenoxy) is 1. The standard InChI is InChI=1S/C14H22N2O4S/c1-16(2)11-7-6-10-15-21(18,19)13-9-5-4-8-12(13)14(17)20-3/h4-5,8-9,15H,6-7,10-11H2,1-3H3. The summed E-state index contributed by atoms with van der Waals surface area (Å²) >= 11 is 0. The summed E-state index contributed by atoms with van der Waals surface area (Å²) in [6.07, 6.45) is 1.63. The summed E-state index contributed by atoms with van der Waals surface area (Å²) < 4.78 is 31.6. The minimum atomic E-state index is -3.71. The molecule has 21 heavy (non-hydrogen) atoms. The molecule has 1 N–H and O–H groups in total. The summed E-state index contributed by atoms with van der Waals surface area (Å²) in [5.41, 5.74) is 0.0424. The molecule has 7 heteroatoms. The molecule has 0 saturated carbocycles. The van der Waals surface area contributed by atoms with E-state index in [0.717, 1.165) is 19.4 Å². The molecule has 1 aromatic carbocycles. The van der Waals surface area contributed by atoms with Crippen molar-refractivity contribution >= 4 is 16.0 Å². The average Bonchev–Trinajstić information content (AvgIpc) is 2.45. The smallest absolute Gasteiger partial charge is 0.339 e. The van der Waals surface area contributed by atoms with E-state index in [1.54, 1.807) is 12.1 Å². The Bertz CT molecular complexity index is 570. The van der Waals surface area contributed by atoms with Crippen LogP contribution < -0.4 is 4.72 Å². The number of nitrogens with zero attached hydrogens (tertiary/aromatic N) is 1. The van der Waals surface area contributed by atoms with Gasteiger partial charge in [-0.05, 0) is 45.6 Å². The normalized spacial score (nSPS) is 11.6. The fraction of sp³-hybridized carbons (Fsp3) is 0.500. The molecule has 118 valence electrons. The number of hydrogen-bond acceptors (Lipinski definition) is 5. The van der Waals surface area contributed by atoms with Gasteiger partial charge in [0.15, 0.2) is 0 Å². The molecular formula is C14H22N2O4S. The van der Waals surface area contributed by atoms with Crippen LogP contribution in [-0.2, 0) is 14.8 Å². The molecule has 0 radical (unpaired) electrons. The second kappa shape index (κ2) is 8.11. The molecule has 0 aliphatic heterocycles. The van der Waals surface area contributed by atoms with Crippen molar-refractivity contribution in [2.75, 3.05) is 34.3 Å². The van der Waals surface area contributed by atoms with Crippen LogP contribution in [0.5, 0.6) is 0 Å². The van der Waals surface area contributed by atoms with Gasteiger partial charge in [-0.25, -0.2) is 17.9 Å². The van der Waals surface area contributed by atoms with Gasteiger partial charge in [0.1, 0.15) is 0 Å². The first-order chi connectivity index (χ1) is 9.88. The number of nitrogens with one attached hydrogen (secondary N) is 1. The Morgan fingerprint density at radius 1 is 1.24 bits per heavy atom. The van der Waals surface area contributed by atoms with Crippen molar-refractivity contribution in [3.05, 3.63) is 29.8 Å². The molecule has 0 saturated heterocycles. The molecular weight excluding hydrogens is 292 g/mol. The van der Waals surface area contributed by atoms with Crippen LogP contribution in [0.3, 0.4) is 0 Å². The third-order valence-electron chi connectivity index (χ3n) is 2.91. The maximum atomic E-state index is 12.2. The summed E-state index contributed by atoms with van der Waals surface area (Å²) in [4.78, 5) is 13.6. The highest BCUT2D eigenvalue weighted by molar-refractivity contribution is 7.89. The van der Waals surface area contributed by atoms with Gasteiger partial charge in [-0.1, -0.05) is 12.1 Å². The van der Waals surface area contributed by atoms with E-state index in [1.807, 2.05) is 19.0 Å². The van der Waals surface area contributed by atoms with Crippen LogP contribution in [0.15, 0.2) is 29.2 Å². The van der Waals surface area contributed by atoms with Crippen molar-refractivity contribution < 1.29 is 17.9 Å². The highest BCUT2D eigenvalue weighted by atomic mass is 32.2. The number of sulfonamides is 1. The zero-order valence-corrected chi connectivity index (χ0v) is 13.4. The lowest BCUT2D eigenvalue weighted by Crippen LogP contribution is -2.27. The predicted octanol–water partition coefficient (Wildman–Crippen LogP) is 1.09. The van der Waals surface area contributed by atoms with Crippen molar-refractivity contribution in [3.8, 4) is 0 Å². The lowest BCUT2D eigenvalue weighted by molar-refractivity contribution is 0.0596. The summed E-state index contributed by atoms with van der Waals surface area (Å²) in [5, 5.41) is 0. The van der Waals surface area contributed by atoms with Crippen LogP contribution >= 0.6 is 0 Å². The first-order valence-corrected chi connectivity index (χ1v) is 8.18. The Hall–Kier alpha value is -1.44. The zero-order valence-electron chi connectivity index (χ0n) is 12.6. The van der Waals surface area contributed by atoms with Crippen LogP contribution in [0.4, 0.5) is 0 Å². The Morgan fingerprint density at radius 3 is 2.52 bits per heavy atom. The van der Waals surface area contributed by atoms with Crippen LogP contribution in [0, 0.1) is 0 Å².